The third kappa shape index (κ3) is 3.48. The van der Waals surface area contributed by atoms with Gasteiger partial charge in [0.05, 0.1) is 17.3 Å². The highest BCUT2D eigenvalue weighted by atomic mass is 16.5. The number of imidazole rings is 1. The number of carbonyl (C=O) groups is 1. The van der Waals surface area contributed by atoms with Crippen molar-refractivity contribution in [2.75, 3.05) is 20.1 Å². The molecule has 1 saturated heterocycles. The van der Waals surface area contributed by atoms with Crippen molar-refractivity contribution in [1.29, 1.82) is 0 Å². The quantitative estimate of drug-likeness (QED) is 0.624. The van der Waals surface area contributed by atoms with Crippen molar-refractivity contribution in [1.82, 2.24) is 19.4 Å². The van der Waals surface area contributed by atoms with Gasteiger partial charge in [-0.3, -0.25) is 9.69 Å². The van der Waals surface area contributed by atoms with Crippen LogP contribution in [0.3, 0.4) is 0 Å². The zero-order chi connectivity index (χ0) is 22.3. The Morgan fingerprint density at radius 3 is 2.50 bits per heavy atom. The zero-order valence-corrected chi connectivity index (χ0v) is 19.0. The van der Waals surface area contributed by atoms with Crippen LogP contribution in [0.5, 0.6) is 5.75 Å². The lowest BCUT2D eigenvalue weighted by molar-refractivity contribution is 0.0230. The summed E-state index contributed by atoms with van der Waals surface area (Å²) in [6, 6.07) is 16.0. The van der Waals surface area contributed by atoms with Crippen LogP contribution in [0.15, 0.2) is 60.9 Å². The number of amides is 1. The number of hydrogen-bond donors (Lipinski definition) is 0. The first-order valence-electron chi connectivity index (χ1n) is 11.4. The number of nitrogens with zero attached hydrogens (tertiary/aromatic N) is 4. The molecule has 0 bridgehead atoms. The van der Waals surface area contributed by atoms with Crippen LogP contribution in [0.1, 0.15) is 48.4 Å². The van der Waals surface area contributed by atoms with E-state index in [0.717, 1.165) is 31.0 Å². The van der Waals surface area contributed by atoms with Crippen LogP contribution in [-0.2, 0) is 12.1 Å². The molecular weight excluding hydrogens is 400 g/mol. The van der Waals surface area contributed by atoms with Gasteiger partial charge in [0.1, 0.15) is 11.6 Å². The lowest BCUT2D eigenvalue weighted by Crippen LogP contribution is -2.53. The van der Waals surface area contributed by atoms with Crippen molar-refractivity contribution in [3.8, 4) is 11.4 Å². The highest BCUT2D eigenvalue weighted by Crippen LogP contribution is 2.42. The van der Waals surface area contributed by atoms with Gasteiger partial charge in [-0.2, -0.15) is 0 Å². The summed E-state index contributed by atoms with van der Waals surface area (Å²) in [6.07, 6.45) is 5.78. The number of fused-ring (bicyclic) bond motifs is 4. The second-order valence-corrected chi connectivity index (χ2v) is 9.12. The van der Waals surface area contributed by atoms with Crippen molar-refractivity contribution >= 4 is 5.91 Å². The Balaban J connectivity index is 1.36. The van der Waals surface area contributed by atoms with Crippen molar-refractivity contribution in [2.24, 2.45) is 0 Å². The van der Waals surface area contributed by atoms with Gasteiger partial charge in [-0.25, -0.2) is 4.98 Å². The van der Waals surface area contributed by atoms with E-state index in [2.05, 4.69) is 47.0 Å². The molecule has 1 aromatic heterocycles. The van der Waals surface area contributed by atoms with Gasteiger partial charge in [-0.15, -0.1) is 0 Å². The Kier molecular flexibility index (Phi) is 5.25. The van der Waals surface area contributed by atoms with E-state index in [0.29, 0.717) is 18.7 Å². The molecule has 2 aromatic carbocycles. The number of likely N-dealkylation sites (tertiary alicyclic amines) is 1. The Hall–Kier alpha value is -3.12. The fourth-order valence-corrected chi connectivity index (χ4v) is 5.12. The predicted octanol–water partition coefficient (Wildman–Crippen LogP) is 4.24. The second-order valence-electron chi connectivity index (χ2n) is 9.12. The number of ether oxygens (including phenoxy) is 1. The minimum Gasteiger partial charge on any atom is -0.491 e. The number of piperidine rings is 1. The van der Waals surface area contributed by atoms with Crippen molar-refractivity contribution in [3.63, 3.8) is 0 Å². The Morgan fingerprint density at radius 1 is 1.06 bits per heavy atom. The lowest BCUT2D eigenvalue weighted by atomic mass is 9.84. The topological polar surface area (TPSA) is 50.6 Å². The van der Waals surface area contributed by atoms with Crippen LogP contribution in [0.4, 0.5) is 0 Å². The molecule has 3 heterocycles. The second kappa shape index (κ2) is 8.10. The van der Waals surface area contributed by atoms with Gasteiger partial charge in [-0.05, 0) is 69.6 Å². The van der Waals surface area contributed by atoms with Gasteiger partial charge in [0.15, 0.2) is 0 Å². The average molecular weight is 431 g/mol. The molecule has 32 heavy (non-hydrogen) atoms. The monoisotopic (exact) mass is 430 g/mol. The Morgan fingerprint density at radius 2 is 1.78 bits per heavy atom. The summed E-state index contributed by atoms with van der Waals surface area (Å²) in [6.45, 7) is 6.27. The van der Waals surface area contributed by atoms with Gasteiger partial charge < -0.3 is 14.2 Å². The summed E-state index contributed by atoms with van der Waals surface area (Å²) < 4.78 is 7.95. The maximum atomic E-state index is 13.2. The molecule has 1 fully saturated rings. The normalized spacial score (nSPS) is 17.7. The summed E-state index contributed by atoms with van der Waals surface area (Å²) in [5.74, 6) is 1.95. The van der Waals surface area contributed by atoms with Gasteiger partial charge in [0.2, 0.25) is 0 Å². The third-order valence-corrected chi connectivity index (χ3v) is 6.80. The van der Waals surface area contributed by atoms with Crippen LogP contribution < -0.4 is 4.74 Å². The van der Waals surface area contributed by atoms with Crippen LogP contribution in [0, 0.1) is 0 Å². The van der Waals surface area contributed by atoms with Crippen LogP contribution >= 0.6 is 0 Å². The first-order chi connectivity index (χ1) is 15.5. The van der Waals surface area contributed by atoms with Gasteiger partial charge in [0.25, 0.3) is 5.91 Å². The molecule has 6 nitrogen and oxygen atoms in total. The lowest BCUT2D eigenvalue weighted by Gasteiger charge is -2.46. The number of para-hydroxylation sites is 1. The van der Waals surface area contributed by atoms with Gasteiger partial charge >= 0.3 is 0 Å². The van der Waals surface area contributed by atoms with E-state index < -0.39 is 0 Å². The maximum Gasteiger partial charge on any atom is 0.253 e. The maximum absolute atomic E-state index is 13.2. The predicted molar refractivity (Wildman–Crippen MR) is 124 cm³/mol. The molecule has 166 valence electrons. The molecule has 0 unspecified atom stereocenters. The molecule has 0 saturated carbocycles. The number of rotatable bonds is 3. The summed E-state index contributed by atoms with van der Waals surface area (Å²) in [7, 11) is 2.19. The molecule has 2 aliphatic rings. The fourth-order valence-electron chi connectivity index (χ4n) is 5.12. The van der Waals surface area contributed by atoms with Crippen molar-refractivity contribution in [3.05, 3.63) is 77.9 Å². The molecule has 5 rings (SSSR count). The Labute approximate surface area is 189 Å². The fraction of sp³-hybridized carbons (Fsp3) is 0.385. The summed E-state index contributed by atoms with van der Waals surface area (Å²) in [5, 5.41) is 0. The molecule has 0 N–H and O–H groups in total. The molecule has 0 atom stereocenters. The minimum atomic E-state index is -0.186. The highest BCUT2D eigenvalue weighted by Gasteiger charge is 2.45. The van der Waals surface area contributed by atoms with Crippen molar-refractivity contribution in [2.45, 2.75) is 44.9 Å². The van der Waals surface area contributed by atoms with E-state index >= 15 is 0 Å². The number of benzene rings is 2. The molecule has 1 spiro atoms. The van der Waals surface area contributed by atoms with E-state index in [1.165, 1.54) is 11.3 Å². The number of hydrogen-bond acceptors (Lipinski definition) is 4. The number of carbonyl (C=O) groups excluding carboxylic acids is 1. The van der Waals surface area contributed by atoms with E-state index in [1.54, 1.807) is 0 Å². The third-order valence-electron chi connectivity index (χ3n) is 6.80. The smallest absolute Gasteiger partial charge is 0.253 e. The number of aromatic nitrogens is 2. The van der Waals surface area contributed by atoms with Gasteiger partial charge in [-0.1, -0.05) is 18.2 Å². The molecule has 1 amide bonds. The molecule has 3 aromatic rings. The van der Waals surface area contributed by atoms with E-state index in [-0.39, 0.29) is 17.6 Å². The highest BCUT2D eigenvalue weighted by molar-refractivity contribution is 5.94. The van der Waals surface area contributed by atoms with Gasteiger partial charge in [0, 0.05) is 37.6 Å². The summed E-state index contributed by atoms with van der Waals surface area (Å²) in [4.78, 5) is 22.4. The van der Waals surface area contributed by atoms with Crippen LogP contribution in [0.25, 0.3) is 5.69 Å². The minimum absolute atomic E-state index is 0.0823. The standard InChI is InChI=1S/C26H30N4O2/c1-19(2)32-22-10-8-20(9-11-22)24(31)29-15-12-26(13-16-29)25-27-14-17-30(25)23-7-5-4-6-21(23)18-28(26)3/h4-11,14,17,19H,12-13,15-16,18H2,1-3H3. The molecular formula is C26H30N4O2. The van der Waals surface area contributed by atoms with E-state index in [1.807, 2.05) is 49.2 Å². The van der Waals surface area contributed by atoms with Crippen LogP contribution in [0.2, 0.25) is 0 Å². The summed E-state index contributed by atoms with van der Waals surface area (Å²) >= 11 is 0. The first kappa shape index (κ1) is 20.8. The van der Waals surface area contributed by atoms with E-state index in [4.69, 9.17) is 9.72 Å². The first-order valence-corrected chi connectivity index (χ1v) is 11.4. The molecule has 0 aliphatic carbocycles. The molecule has 2 aliphatic heterocycles. The Bertz CT molecular complexity index is 1110. The molecule has 6 heteroatoms. The summed E-state index contributed by atoms with van der Waals surface area (Å²) in [5.41, 5.74) is 3.02. The van der Waals surface area contributed by atoms with E-state index in [9.17, 15) is 4.79 Å². The SMILES string of the molecule is CC(C)Oc1ccc(C(=O)N2CCC3(CC2)c2nccn2-c2ccccc2CN3C)cc1. The zero-order valence-electron chi connectivity index (χ0n) is 19.0. The molecule has 0 radical (unpaired) electrons. The largest absolute Gasteiger partial charge is 0.491 e. The average Bonchev–Trinajstić information content (AvgIpc) is 3.26. The van der Waals surface area contributed by atoms with Crippen LogP contribution in [-0.4, -0.2) is 51.5 Å². The van der Waals surface area contributed by atoms with Crippen molar-refractivity contribution < 1.29 is 9.53 Å².